The molecule has 0 aliphatic carbocycles. The fourth-order valence-electron chi connectivity index (χ4n) is 2.33. The number of para-hydroxylation sites is 1. The molecular weight excluding hydrogens is 318 g/mol. The summed E-state index contributed by atoms with van der Waals surface area (Å²) in [6, 6.07) is 15.0. The lowest BCUT2D eigenvalue weighted by molar-refractivity contribution is -0.128. The van der Waals surface area contributed by atoms with Crippen molar-refractivity contribution in [2.24, 2.45) is 0 Å². The van der Waals surface area contributed by atoms with Gasteiger partial charge in [0.2, 0.25) is 0 Å². The molecule has 0 aromatic heterocycles. The van der Waals surface area contributed by atoms with Crippen molar-refractivity contribution in [3.05, 3.63) is 54.1 Å². The summed E-state index contributed by atoms with van der Waals surface area (Å²) in [7, 11) is 1.59. The first-order chi connectivity index (χ1) is 12.1. The number of hydrogen-bond acceptors (Lipinski definition) is 4. The highest BCUT2D eigenvalue weighted by atomic mass is 16.5. The van der Waals surface area contributed by atoms with Crippen LogP contribution in [0.15, 0.2) is 48.5 Å². The van der Waals surface area contributed by atoms with Gasteiger partial charge in [0.05, 0.1) is 13.7 Å². The smallest absolute Gasteiger partial charge is 0.261 e. The molecule has 0 radical (unpaired) electrons. The lowest BCUT2D eigenvalue weighted by Crippen LogP contribution is -2.39. The molecule has 0 bridgehead atoms. The summed E-state index contributed by atoms with van der Waals surface area (Å²) in [5.41, 5.74) is 1.07. The van der Waals surface area contributed by atoms with Gasteiger partial charge in [0, 0.05) is 6.07 Å². The van der Waals surface area contributed by atoms with Crippen LogP contribution in [0.4, 0.5) is 0 Å². The molecule has 5 nitrogen and oxygen atoms in total. The monoisotopic (exact) mass is 343 g/mol. The van der Waals surface area contributed by atoms with Gasteiger partial charge in [-0.05, 0) is 37.1 Å². The molecule has 134 valence electrons. The Morgan fingerprint density at radius 3 is 2.60 bits per heavy atom. The van der Waals surface area contributed by atoms with Crippen molar-refractivity contribution in [3.8, 4) is 17.2 Å². The maximum absolute atomic E-state index is 12.3. The molecule has 1 amide bonds. The number of carbonyl (C=O) groups excluding carboxylic acids is 1. The zero-order valence-electron chi connectivity index (χ0n) is 15.0. The number of aryl methyl sites for hydroxylation is 1. The third-order valence-electron chi connectivity index (χ3n) is 3.74. The molecule has 0 saturated heterocycles. The molecule has 0 saturated carbocycles. The summed E-state index contributed by atoms with van der Waals surface area (Å²) in [6.07, 6.45) is 0.0207. The Morgan fingerprint density at radius 1 is 1.12 bits per heavy atom. The third kappa shape index (κ3) is 5.71. The van der Waals surface area contributed by atoms with Crippen LogP contribution in [0, 0.1) is 6.92 Å². The first-order valence-electron chi connectivity index (χ1n) is 8.41. The number of hydrogen-bond donors (Lipinski definition) is 1. The second-order valence-electron chi connectivity index (χ2n) is 5.60. The highest BCUT2D eigenvalue weighted by Crippen LogP contribution is 2.20. The van der Waals surface area contributed by atoms with Crippen LogP contribution in [0.25, 0.3) is 0 Å². The van der Waals surface area contributed by atoms with Crippen molar-refractivity contribution < 1.29 is 19.0 Å². The van der Waals surface area contributed by atoms with E-state index >= 15 is 0 Å². The minimum Gasteiger partial charge on any atom is -0.497 e. The normalized spacial score (nSPS) is 11.5. The van der Waals surface area contributed by atoms with Gasteiger partial charge in [-0.1, -0.05) is 31.2 Å². The van der Waals surface area contributed by atoms with Gasteiger partial charge < -0.3 is 19.5 Å². The lowest BCUT2D eigenvalue weighted by atomic mass is 10.2. The Morgan fingerprint density at radius 2 is 1.88 bits per heavy atom. The molecule has 1 atom stereocenters. The van der Waals surface area contributed by atoms with Crippen LogP contribution in [-0.4, -0.2) is 32.3 Å². The third-order valence-corrected chi connectivity index (χ3v) is 3.74. The highest BCUT2D eigenvalue weighted by molar-refractivity contribution is 5.81. The van der Waals surface area contributed by atoms with Crippen molar-refractivity contribution in [1.82, 2.24) is 5.32 Å². The van der Waals surface area contributed by atoms with Crippen LogP contribution in [0.3, 0.4) is 0 Å². The molecule has 0 spiro atoms. The van der Waals surface area contributed by atoms with Gasteiger partial charge in [0.15, 0.2) is 6.10 Å². The summed E-state index contributed by atoms with van der Waals surface area (Å²) >= 11 is 0. The van der Waals surface area contributed by atoms with Crippen molar-refractivity contribution in [2.75, 3.05) is 20.3 Å². The Balaban J connectivity index is 1.80. The van der Waals surface area contributed by atoms with E-state index < -0.39 is 6.10 Å². The zero-order chi connectivity index (χ0) is 18.1. The molecule has 0 fully saturated rings. The highest BCUT2D eigenvalue weighted by Gasteiger charge is 2.18. The van der Waals surface area contributed by atoms with Crippen LogP contribution in [-0.2, 0) is 4.79 Å². The second-order valence-corrected chi connectivity index (χ2v) is 5.60. The number of nitrogens with one attached hydrogen (secondary N) is 1. The maximum atomic E-state index is 12.3. The van der Waals surface area contributed by atoms with E-state index in [0.717, 1.165) is 11.3 Å². The first kappa shape index (κ1) is 18.6. The molecule has 1 N–H and O–H groups in total. The average molecular weight is 343 g/mol. The van der Waals surface area contributed by atoms with Crippen LogP contribution in [0.1, 0.15) is 18.9 Å². The van der Waals surface area contributed by atoms with E-state index in [4.69, 9.17) is 14.2 Å². The van der Waals surface area contributed by atoms with Crippen molar-refractivity contribution >= 4 is 5.91 Å². The molecule has 0 unspecified atom stereocenters. The van der Waals surface area contributed by atoms with Crippen molar-refractivity contribution in [2.45, 2.75) is 26.4 Å². The molecule has 0 heterocycles. The molecular formula is C20H25NO4. The van der Waals surface area contributed by atoms with Gasteiger partial charge in [-0.15, -0.1) is 0 Å². The van der Waals surface area contributed by atoms with Crippen LogP contribution in [0.5, 0.6) is 17.2 Å². The quantitative estimate of drug-likeness (QED) is 0.710. The van der Waals surface area contributed by atoms with Gasteiger partial charge in [-0.2, -0.15) is 0 Å². The number of amides is 1. The molecule has 2 rings (SSSR count). The Bertz CT molecular complexity index is 687. The van der Waals surface area contributed by atoms with E-state index in [-0.39, 0.29) is 5.91 Å². The molecule has 2 aromatic carbocycles. The predicted octanol–water partition coefficient (Wildman–Crippen LogP) is 3.36. The Labute approximate surface area is 148 Å². The summed E-state index contributed by atoms with van der Waals surface area (Å²) < 4.78 is 16.6. The number of carbonyl (C=O) groups is 1. The average Bonchev–Trinajstić information content (AvgIpc) is 2.64. The minimum absolute atomic E-state index is 0.154. The summed E-state index contributed by atoms with van der Waals surface area (Å²) in [5.74, 6) is 1.98. The molecule has 0 aliphatic heterocycles. The van der Waals surface area contributed by atoms with Gasteiger partial charge in [-0.25, -0.2) is 0 Å². The van der Waals surface area contributed by atoms with E-state index in [1.165, 1.54) is 0 Å². The first-order valence-corrected chi connectivity index (χ1v) is 8.41. The summed E-state index contributed by atoms with van der Waals surface area (Å²) in [4.78, 5) is 12.3. The van der Waals surface area contributed by atoms with Gasteiger partial charge in [-0.3, -0.25) is 4.79 Å². The fraction of sp³-hybridized carbons (Fsp3) is 0.350. The minimum atomic E-state index is -0.550. The largest absolute Gasteiger partial charge is 0.497 e. The topological polar surface area (TPSA) is 56.8 Å². The Hall–Kier alpha value is -2.69. The second kappa shape index (κ2) is 9.57. The van der Waals surface area contributed by atoms with Crippen LogP contribution in [0.2, 0.25) is 0 Å². The van der Waals surface area contributed by atoms with Crippen LogP contribution >= 0.6 is 0 Å². The van der Waals surface area contributed by atoms with Gasteiger partial charge >= 0.3 is 0 Å². The molecule has 0 aliphatic rings. The van der Waals surface area contributed by atoms with Gasteiger partial charge in [0.1, 0.15) is 23.9 Å². The van der Waals surface area contributed by atoms with Crippen molar-refractivity contribution in [1.29, 1.82) is 0 Å². The fourth-order valence-corrected chi connectivity index (χ4v) is 2.33. The van der Waals surface area contributed by atoms with E-state index in [0.29, 0.717) is 31.1 Å². The van der Waals surface area contributed by atoms with Crippen molar-refractivity contribution in [3.63, 3.8) is 0 Å². The summed E-state index contributed by atoms with van der Waals surface area (Å²) in [6.45, 7) is 4.73. The van der Waals surface area contributed by atoms with Crippen LogP contribution < -0.4 is 19.5 Å². The number of methoxy groups -OCH3 is 1. The molecule has 2 aromatic rings. The number of ether oxygens (including phenoxy) is 3. The zero-order valence-corrected chi connectivity index (χ0v) is 15.0. The SMILES string of the molecule is CC[C@H](Oc1cccc(OC)c1)C(=O)NCCOc1ccccc1C. The molecule has 5 heteroatoms. The lowest BCUT2D eigenvalue weighted by Gasteiger charge is -2.18. The standard InChI is InChI=1S/C20H25NO4/c1-4-18(25-17-10-7-9-16(14-17)23-3)20(22)21-12-13-24-19-11-6-5-8-15(19)2/h5-11,14,18H,4,12-13H2,1-3H3,(H,21,22)/t18-/m0/s1. The summed E-state index contributed by atoms with van der Waals surface area (Å²) in [5, 5.41) is 2.85. The maximum Gasteiger partial charge on any atom is 0.261 e. The van der Waals surface area contributed by atoms with E-state index in [9.17, 15) is 4.79 Å². The van der Waals surface area contributed by atoms with E-state index in [1.807, 2.05) is 50.2 Å². The van der Waals surface area contributed by atoms with E-state index in [1.54, 1.807) is 19.2 Å². The van der Waals surface area contributed by atoms with Gasteiger partial charge in [0.25, 0.3) is 5.91 Å². The predicted molar refractivity (Wildman–Crippen MR) is 97.4 cm³/mol. The van der Waals surface area contributed by atoms with E-state index in [2.05, 4.69) is 5.32 Å². The number of rotatable bonds is 9. The molecule has 25 heavy (non-hydrogen) atoms. The Kier molecular flexibility index (Phi) is 7.14. The number of benzene rings is 2.